The molecule has 0 aromatic heterocycles. The van der Waals surface area contributed by atoms with Crippen LogP contribution in [0.25, 0.3) is 12.2 Å². The van der Waals surface area contributed by atoms with Gasteiger partial charge in [-0.05, 0) is 48.2 Å². The number of carbonyl (C=O) groups is 1. The van der Waals surface area contributed by atoms with E-state index in [-0.39, 0.29) is 34.3 Å². The summed E-state index contributed by atoms with van der Waals surface area (Å²) in [4.78, 5) is 10.7. The van der Waals surface area contributed by atoms with Gasteiger partial charge in [-0.15, -0.1) is 0 Å². The molecule has 4 N–H and O–H groups in total. The molecule has 2 aromatic carbocycles. The smallest absolute Gasteiger partial charge is 0.295 e. The Balaban J connectivity index is 1.99. The Labute approximate surface area is 203 Å². The molecule has 14 heteroatoms. The van der Waals surface area contributed by atoms with Crippen LogP contribution in [0, 0.1) is 5.92 Å². The highest BCUT2D eigenvalue weighted by atomic mass is 32.2. The molecule has 1 saturated carbocycles. The number of nitrogens with one attached hydrogen (secondary N) is 2. The monoisotopic (exact) mass is 544 g/mol. The first-order valence-corrected chi connectivity index (χ1v) is 14.7. The van der Waals surface area contributed by atoms with Crippen LogP contribution in [0.2, 0.25) is 0 Å². The highest BCUT2D eigenvalue weighted by Gasteiger charge is 2.35. The molecule has 0 atom stereocenters. The minimum Gasteiger partial charge on any atom is -0.326 e. The maximum atomic E-state index is 12.1. The molecule has 0 radical (unpaired) electrons. The van der Waals surface area contributed by atoms with Gasteiger partial charge >= 0.3 is 0 Å². The van der Waals surface area contributed by atoms with Gasteiger partial charge in [0, 0.05) is 17.3 Å². The highest BCUT2D eigenvalue weighted by Crippen LogP contribution is 2.31. The van der Waals surface area contributed by atoms with E-state index in [1.165, 1.54) is 36.4 Å². The molecule has 0 spiro atoms. The second kappa shape index (κ2) is 9.70. The summed E-state index contributed by atoms with van der Waals surface area (Å²) in [5.74, 6) is -0.746. The Bertz CT molecular complexity index is 1510. The summed E-state index contributed by atoms with van der Waals surface area (Å²) in [7, 11) is -13.2. The van der Waals surface area contributed by atoms with Gasteiger partial charge in [-0.3, -0.25) is 18.6 Å². The molecular formula is C21H24N2O9S3. The summed E-state index contributed by atoms with van der Waals surface area (Å²) in [6.45, 7) is 3.29. The van der Waals surface area contributed by atoms with Crippen molar-refractivity contribution in [3.8, 4) is 0 Å². The van der Waals surface area contributed by atoms with Crippen molar-refractivity contribution in [3.05, 3.63) is 47.5 Å². The molecule has 35 heavy (non-hydrogen) atoms. The van der Waals surface area contributed by atoms with Gasteiger partial charge in [0.05, 0.1) is 5.25 Å². The molecule has 1 aliphatic rings. The van der Waals surface area contributed by atoms with Crippen molar-refractivity contribution >= 4 is 59.7 Å². The van der Waals surface area contributed by atoms with Crippen molar-refractivity contribution in [2.24, 2.45) is 5.92 Å². The third-order valence-corrected chi connectivity index (χ3v) is 8.73. The number of rotatable bonds is 9. The Morgan fingerprint density at radius 3 is 1.74 bits per heavy atom. The van der Waals surface area contributed by atoms with Crippen LogP contribution in [0.15, 0.2) is 46.2 Å². The summed E-state index contributed by atoms with van der Waals surface area (Å²) < 4.78 is 93.5. The third kappa shape index (κ3) is 6.89. The normalized spacial score (nSPS) is 14.9. The van der Waals surface area contributed by atoms with Crippen molar-refractivity contribution < 1.29 is 39.2 Å². The predicted octanol–water partition coefficient (Wildman–Crippen LogP) is 2.85. The Morgan fingerprint density at radius 2 is 1.31 bits per heavy atom. The van der Waals surface area contributed by atoms with E-state index in [1.54, 1.807) is 13.8 Å². The minimum atomic E-state index is -4.79. The summed E-state index contributed by atoms with van der Waals surface area (Å²) >= 11 is 0. The van der Waals surface area contributed by atoms with E-state index < -0.39 is 45.3 Å². The van der Waals surface area contributed by atoms with Crippen LogP contribution < -0.4 is 10.0 Å². The van der Waals surface area contributed by atoms with Crippen LogP contribution in [0.4, 0.5) is 11.4 Å². The van der Waals surface area contributed by atoms with Crippen LogP contribution in [-0.2, 0) is 35.1 Å². The predicted molar refractivity (Wildman–Crippen MR) is 130 cm³/mol. The number of carbonyl (C=O) groups excluding carboxylic acids is 1. The molecule has 11 nitrogen and oxygen atoms in total. The standard InChI is InChI=1S/C21H24N2O9S3/c1-13(2)21(24)22-16-7-5-14(19(11-16)34(27,28)29)3-4-15-6-8-17(12-20(15)35(30,31)32)23-33(25,26)18-9-10-18/h3-8,11-13,18,23H,9-10H2,1-2H3,(H,22,24)(H,27,28,29)(H,30,31,32). The molecule has 0 unspecified atom stereocenters. The lowest BCUT2D eigenvalue weighted by atomic mass is 10.1. The average Bonchev–Trinajstić information content (AvgIpc) is 3.57. The number of anilines is 2. The minimum absolute atomic E-state index is 0.0325. The van der Waals surface area contributed by atoms with Crippen molar-refractivity contribution in [2.45, 2.75) is 41.7 Å². The summed E-state index contributed by atoms with van der Waals surface area (Å²) in [6, 6.07) is 7.21. The van der Waals surface area contributed by atoms with Gasteiger partial charge < -0.3 is 5.32 Å². The first-order valence-electron chi connectivity index (χ1n) is 10.3. The van der Waals surface area contributed by atoms with Crippen molar-refractivity contribution in [1.29, 1.82) is 0 Å². The molecule has 1 amide bonds. The Hall–Kier alpha value is -2.78. The number of hydrogen-bond acceptors (Lipinski definition) is 7. The van der Waals surface area contributed by atoms with E-state index in [1.807, 2.05) is 0 Å². The van der Waals surface area contributed by atoms with E-state index in [0.29, 0.717) is 12.8 Å². The zero-order chi connectivity index (χ0) is 26.2. The largest absolute Gasteiger partial charge is 0.326 e. The van der Waals surface area contributed by atoms with E-state index in [4.69, 9.17) is 0 Å². The molecule has 3 rings (SSSR count). The lowest BCUT2D eigenvalue weighted by molar-refractivity contribution is -0.118. The fraction of sp³-hybridized carbons (Fsp3) is 0.286. The highest BCUT2D eigenvalue weighted by molar-refractivity contribution is 7.93. The van der Waals surface area contributed by atoms with E-state index >= 15 is 0 Å². The van der Waals surface area contributed by atoms with Gasteiger partial charge in [-0.1, -0.05) is 38.1 Å². The fourth-order valence-corrected chi connectivity index (χ4v) is 5.82. The average molecular weight is 545 g/mol. The summed E-state index contributed by atoms with van der Waals surface area (Å²) in [6.07, 6.45) is 3.36. The maximum Gasteiger partial charge on any atom is 0.295 e. The Morgan fingerprint density at radius 1 is 0.857 bits per heavy atom. The zero-order valence-electron chi connectivity index (χ0n) is 18.7. The first kappa shape index (κ1) is 26.8. The number of benzene rings is 2. The van der Waals surface area contributed by atoms with Crippen LogP contribution in [0.5, 0.6) is 0 Å². The van der Waals surface area contributed by atoms with E-state index in [9.17, 15) is 39.2 Å². The van der Waals surface area contributed by atoms with Crippen molar-refractivity contribution in [3.63, 3.8) is 0 Å². The van der Waals surface area contributed by atoms with Crippen LogP contribution in [0.1, 0.15) is 37.8 Å². The third-order valence-electron chi connectivity index (χ3n) is 5.04. The van der Waals surface area contributed by atoms with Crippen molar-refractivity contribution in [1.82, 2.24) is 0 Å². The fourth-order valence-electron chi connectivity index (χ4n) is 3.02. The van der Waals surface area contributed by atoms with Crippen molar-refractivity contribution in [2.75, 3.05) is 10.0 Å². The van der Waals surface area contributed by atoms with E-state index in [0.717, 1.165) is 12.1 Å². The lowest BCUT2D eigenvalue weighted by Crippen LogP contribution is -2.18. The second-order valence-electron chi connectivity index (χ2n) is 8.28. The molecule has 2 aromatic rings. The van der Waals surface area contributed by atoms with Gasteiger partial charge in [-0.25, -0.2) is 8.42 Å². The molecular weight excluding hydrogens is 520 g/mol. The lowest BCUT2D eigenvalue weighted by Gasteiger charge is -2.11. The second-order valence-corrected chi connectivity index (χ2v) is 13.0. The molecule has 0 heterocycles. The van der Waals surface area contributed by atoms with Gasteiger partial charge in [-0.2, -0.15) is 16.8 Å². The first-order chi connectivity index (χ1) is 16.1. The number of hydrogen-bond donors (Lipinski definition) is 4. The zero-order valence-corrected chi connectivity index (χ0v) is 21.1. The topological polar surface area (TPSA) is 184 Å². The molecule has 0 saturated heterocycles. The quantitative estimate of drug-likeness (QED) is 0.272. The molecule has 190 valence electrons. The van der Waals surface area contributed by atoms with Crippen LogP contribution >= 0.6 is 0 Å². The summed E-state index contributed by atoms with van der Waals surface area (Å²) in [5.41, 5.74) is -0.0415. The van der Waals surface area contributed by atoms with E-state index in [2.05, 4.69) is 10.0 Å². The van der Waals surface area contributed by atoms with Gasteiger partial charge in [0.1, 0.15) is 9.79 Å². The van der Waals surface area contributed by atoms with Gasteiger partial charge in [0.15, 0.2) is 0 Å². The maximum absolute atomic E-state index is 12.1. The molecule has 0 aliphatic heterocycles. The van der Waals surface area contributed by atoms with Crippen LogP contribution in [-0.4, -0.2) is 45.5 Å². The molecule has 1 fully saturated rings. The Kier molecular flexibility index (Phi) is 7.43. The molecule has 1 aliphatic carbocycles. The van der Waals surface area contributed by atoms with Gasteiger partial charge in [0.25, 0.3) is 20.2 Å². The van der Waals surface area contributed by atoms with Crippen LogP contribution in [0.3, 0.4) is 0 Å². The number of amides is 1. The van der Waals surface area contributed by atoms with Gasteiger partial charge in [0.2, 0.25) is 15.9 Å². The SMILES string of the molecule is CC(C)C(=O)Nc1ccc(C=Cc2ccc(NS(=O)(=O)C3CC3)cc2S(=O)(=O)O)c(S(=O)(=O)O)c1. The molecule has 0 bridgehead atoms. The number of sulfonamides is 1. The summed E-state index contributed by atoms with van der Waals surface area (Å²) in [5, 5.41) is 1.96.